The number of aromatic nitrogens is 4. The van der Waals surface area contributed by atoms with Crippen molar-refractivity contribution < 1.29 is 4.74 Å². The van der Waals surface area contributed by atoms with Crippen LogP contribution in [0, 0.1) is 11.3 Å². The van der Waals surface area contributed by atoms with Gasteiger partial charge in [0, 0.05) is 62.7 Å². The van der Waals surface area contributed by atoms with E-state index in [2.05, 4.69) is 21.1 Å². The van der Waals surface area contributed by atoms with Gasteiger partial charge in [0.05, 0.1) is 40.9 Å². The fourth-order valence-corrected chi connectivity index (χ4v) is 4.33. The Morgan fingerprint density at radius 1 is 1.17 bits per heavy atom. The Bertz CT molecular complexity index is 1440. The summed E-state index contributed by atoms with van der Waals surface area (Å²) in [5, 5.41) is 13.3. The molecule has 1 fully saturated rings. The first kappa shape index (κ1) is 23.1. The van der Waals surface area contributed by atoms with E-state index in [0.29, 0.717) is 16.8 Å². The molecule has 36 heavy (non-hydrogen) atoms. The van der Waals surface area contributed by atoms with Crippen LogP contribution in [-0.2, 0) is 0 Å². The van der Waals surface area contributed by atoms with E-state index in [4.69, 9.17) is 25.7 Å². The number of fused-ring (bicyclic) bond motifs is 1. The normalized spacial score (nSPS) is 14.9. The maximum atomic E-state index is 8.95. The summed E-state index contributed by atoms with van der Waals surface area (Å²) >= 11 is 0. The molecule has 180 valence electrons. The summed E-state index contributed by atoms with van der Waals surface area (Å²) in [4.78, 5) is 15.9. The molecule has 1 aliphatic rings. The van der Waals surface area contributed by atoms with Crippen molar-refractivity contribution in [2.75, 3.05) is 25.0 Å². The first-order valence-corrected chi connectivity index (χ1v) is 11.8. The highest BCUT2D eigenvalue weighted by atomic mass is 16.5. The van der Waals surface area contributed by atoms with Crippen LogP contribution in [0.3, 0.4) is 0 Å². The molecular weight excluding hydrogens is 452 g/mol. The van der Waals surface area contributed by atoms with Crippen molar-refractivity contribution in [3.05, 3.63) is 78.5 Å². The average molecular weight is 479 g/mol. The van der Waals surface area contributed by atoms with E-state index in [0.717, 1.165) is 54.3 Å². The molecule has 0 aliphatic carbocycles. The molecule has 1 aromatic carbocycles. The van der Waals surface area contributed by atoms with Crippen molar-refractivity contribution >= 4 is 23.1 Å². The standard InChI is InChI=1S/C27H26N8O/c1-30-16-21(15-29)24-18-35-25(8-11-32-35)27(33-24)20-4-7-26(31-17-20)34-12-9-23(10-13-34)36-22-5-2-19(14-28)3-6-22/h2-8,11,15-18,23H,9-10,12-13,29H2,1H3. The highest BCUT2D eigenvalue weighted by Crippen LogP contribution is 2.27. The van der Waals surface area contributed by atoms with Crippen LogP contribution in [0.4, 0.5) is 5.82 Å². The zero-order valence-corrected chi connectivity index (χ0v) is 20.0. The van der Waals surface area contributed by atoms with Crippen LogP contribution in [-0.4, -0.2) is 52.0 Å². The molecule has 2 N–H and O–H groups in total. The SMILES string of the molecule is CN=CC(=CN)c1cn2nccc2c(-c2ccc(N3CCC(Oc4ccc(C#N)cc4)CC3)nc2)n1. The quantitative estimate of drug-likeness (QED) is 0.420. The molecule has 0 saturated carbocycles. The summed E-state index contributed by atoms with van der Waals surface area (Å²) in [5.41, 5.74) is 10.4. The average Bonchev–Trinajstić information content (AvgIpc) is 3.41. The first-order valence-electron chi connectivity index (χ1n) is 11.8. The van der Waals surface area contributed by atoms with E-state index in [1.807, 2.05) is 42.7 Å². The summed E-state index contributed by atoms with van der Waals surface area (Å²) in [5.74, 6) is 1.73. The molecule has 5 rings (SSSR count). The third-order valence-electron chi connectivity index (χ3n) is 6.21. The molecule has 0 unspecified atom stereocenters. The van der Waals surface area contributed by atoms with E-state index in [-0.39, 0.29) is 6.10 Å². The van der Waals surface area contributed by atoms with Gasteiger partial charge >= 0.3 is 0 Å². The van der Waals surface area contributed by atoms with Gasteiger partial charge in [0.15, 0.2) is 0 Å². The number of anilines is 1. The monoisotopic (exact) mass is 478 g/mol. The molecular formula is C27H26N8O. The van der Waals surface area contributed by atoms with Crippen LogP contribution in [0.25, 0.3) is 22.3 Å². The lowest BCUT2D eigenvalue weighted by atomic mass is 10.1. The molecule has 1 saturated heterocycles. The summed E-state index contributed by atoms with van der Waals surface area (Å²) < 4.78 is 7.90. The van der Waals surface area contributed by atoms with Crippen molar-refractivity contribution in [1.82, 2.24) is 19.6 Å². The minimum absolute atomic E-state index is 0.145. The number of hydrogen-bond donors (Lipinski definition) is 1. The maximum Gasteiger partial charge on any atom is 0.128 e. The molecule has 3 aromatic heterocycles. The first-order chi connectivity index (χ1) is 17.7. The summed E-state index contributed by atoms with van der Waals surface area (Å²) in [6.07, 6.45) is 10.6. The largest absolute Gasteiger partial charge is 0.490 e. The lowest BCUT2D eigenvalue weighted by molar-refractivity contribution is 0.170. The zero-order valence-electron chi connectivity index (χ0n) is 20.0. The molecule has 0 atom stereocenters. The number of nitriles is 1. The van der Waals surface area contributed by atoms with Crippen LogP contribution < -0.4 is 15.4 Å². The number of pyridine rings is 1. The van der Waals surface area contributed by atoms with Gasteiger partial charge in [-0.25, -0.2) is 14.5 Å². The highest BCUT2D eigenvalue weighted by molar-refractivity contribution is 6.09. The molecule has 4 aromatic rings. The third-order valence-corrected chi connectivity index (χ3v) is 6.21. The molecule has 0 radical (unpaired) electrons. The van der Waals surface area contributed by atoms with Gasteiger partial charge in [-0.15, -0.1) is 0 Å². The zero-order chi connectivity index (χ0) is 24.9. The molecule has 9 heteroatoms. The Labute approximate surface area is 209 Å². The molecule has 4 heterocycles. The Balaban J connectivity index is 1.30. The summed E-state index contributed by atoms with van der Waals surface area (Å²) in [6, 6.07) is 15.4. The number of benzene rings is 1. The van der Waals surface area contributed by atoms with Gasteiger partial charge in [0.1, 0.15) is 17.7 Å². The van der Waals surface area contributed by atoms with E-state index < -0.39 is 0 Å². The number of nitrogens with zero attached hydrogens (tertiary/aromatic N) is 7. The second-order valence-corrected chi connectivity index (χ2v) is 8.49. The molecule has 0 spiro atoms. The van der Waals surface area contributed by atoms with E-state index >= 15 is 0 Å². The van der Waals surface area contributed by atoms with Crippen LogP contribution in [0.1, 0.15) is 24.1 Å². The fraction of sp³-hybridized carbons (Fsp3) is 0.222. The number of allylic oxidation sites excluding steroid dienone is 1. The van der Waals surface area contributed by atoms with Crippen LogP contribution >= 0.6 is 0 Å². The molecule has 1 aliphatic heterocycles. The van der Waals surface area contributed by atoms with Crippen LogP contribution in [0.2, 0.25) is 0 Å². The topological polar surface area (TPSA) is 118 Å². The fourth-order valence-electron chi connectivity index (χ4n) is 4.33. The highest BCUT2D eigenvalue weighted by Gasteiger charge is 2.22. The van der Waals surface area contributed by atoms with Crippen molar-refractivity contribution in [3.63, 3.8) is 0 Å². The summed E-state index contributed by atoms with van der Waals surface area (Å²) in [7, 11) is 1.70. The van der Waals surface area contributed by atoms with Gasteiger partial charge in [-0.1, -0.05) is 0 Å². The van der Waals surface area contributed by atoms with Crippen molar-refractivity contribution in [3.8, 4) is 23.1 Å². The minimum Gasteiger partial charge on any atom is -0.490 e. The van der Waals surface area contributed by atoms with Gasteiger partial charge in [-0.3, -0.25) is 4.99 Å². The van der Waals surface area contributed by atoms with Crippen molar-refractivity contribution in [2.24, 2.45) is 10.7 Å². The number of piperidine rings is 1. The van der Waals surface area contributed by atoms with Gasteiger partial charge in [0.2, 0.25) is 0 Å². The van der Waals surface area contributed by atoms with Gasteiger partial charge in [-0.05, 0) is 42.5 Å². The molecule has 9 nitrogen and oxygen atoms in total. The van der Waals surface area contributed by atoms with Gasteiger partial charge in [-0.2, -0.15) is 10.4 Å². The number of hydrogen-bond acceptors (Lipinski definition) is 8. The van der Waals surface area contributed by atoms with Crippen LogP contribution in [0.15, 0.2) is 72.2 Å². The molecule has 0 bridgehead atoms. The Kier molecular flexibility index (Phi) is 6.58. The van der Waals surface area contributed by atoms with E-state index in [9.17, 15) is 0 Å². The Morgan fingerprint density at radius 3 is 2.64 bits per heavy atom. The minimum atomic E-state index is 0.145. The van der Waals surface area contributed by atoms with Crippen molar-refractivity contribution in [1.29, 1.82) is 5.26 Å². The Morgan fingerprint density at radius 2 is 1.97 bits per heavy atom. The third kappa shape index (κ3) is 4.74. The maximum absolute atomic E-state index is 8.95. The second-order valence-electron chi connectivity index (χ2n) is 8.49. The van der Waals surface area contributed by atoms with Gasteiger partial charge < -0.3 is 15.4 Å². The van der Waals surface area contributed by atoms with Crippen molar-refractivity contribution in [2.45, 2.75) is 18.9 Å². The lowest BCUT2D eigenvalue weighted by Crippen LogP contribution is -2.38. The molecule has 0 amide bonds. The number of rotatable bonds is 6. The van der Waals surface area contributed by atoms with Crippen LogP contribution in [0.5, 0.6) is 5.75 Å². The Hall–Kier alpha value is -4.71. The smallest absolute Gasteiger partial charge is 0.128 e. The second kappa shape index (κ2) is 10.3. The number of ether oxygens (including phenoxy) is 1. The lowest BCUT2D eigenvalue weighted by Gasteiger charge is -2.33. The summed E-state index contributed by atoms with van der Waals surface area (Å²) in [6.45, 7) is 1.71. The number of aliphatic imine (C=N–C) groups is 1. The van der Waals surface area contributed by atoms with E-state index in [1.165, 1.54) is 6.20 Å². The predicted octanol–water partition coefficient (Wildman–Crippen LogP) is 3.71. The van der Waals surface area contributed by atoms with E-state index in [1.54, 1.807) is 36.1 Å². The number of nitrogens with two attached hydrogens (primary N) is 1. The van der Waals surface area contributed by atoms with Gasteiger partial charge in [0.25, 0.3) is 0 Å². The predicted molar refractivity (Wildman–Crippen MR) is 140 cm³/mol.